The summed E-state index contributed by atoms with van der Waals surface area (Å²) in [6.07, 6.45) is 0. The van der Waals surface area contributed by atoms with Crippen LogP contribution in [0.2, 0.25) is 0 Å². The predicted molar refractivity (Wildman–Crippen MR) is 98.0 cm³/mol. The van der Waals surface area contributed by atoms with Gasteiger partial charge in [-0.25, -0.2) is 0 Å². The normalized spacial score (nSPS) is 13.0. The Morgan fingerprint density at radius 2 is 1.84 bits per heavy atom. The van der Waals surface area contributed by atoms with Gasteiger partial charge in [-0.1, -0.05) is 30.3 Å². The quantitative estimate of drug-likeness (QED) is 0.765. The number of methoxy groups -OCH3 is 2. The van der Waals surface area contributed by atoms with Crippen molar-refractivity contribution in [3.63, 3.8) is 0 Å². The fourth-order valence-electron chi connectivity index (χ4n) is 2.78. The molecule has 0 radical (unpaired) electrons. The van der Waals surface area contributed by atoms with Crippen molar-refractivity contribution >= 4 is 5.91 Å². The van der Waals surface area contributed by atoms with Crippen LogP contribution < -0.4 is 19.7 Å². The van der Waals surface area contributed by atoms with Crippen molar-refractivity contribution in [3.05, 3.63) is 59.7 Å². The largest absolute Gasteiger partial charge is 0.497 e. The first kappa shape index (κ1) is 18.8. The molecule has 0 bridgehead atoms. The van der Waals surface area contributed by atoms with Crippen LogP contribution in [0.3, 0.4) is 0 Å². The molecule has 2 aromatic carbocycles. The summed E-state index contributed by atoms with van der Waals surface area (Å²) in [5.74, 6) is 1.56. The number of hydrogen-bond acceptors (Lipinski definition) is 3. The molecule has 1 amide bonds. The van der Waals surface area contributed by atoms with E-state index in [2.05, 4.69) is 5.32 Å². The highest BCUT2D eigenvalue weighted by molar-refractivity contribution is 5.77. The van der Waals surface area contributed by atoms with E-state index in [1.165, 1.54) is 0 Å². The van der Waals surface area contributed by atoms with Crippen molar-refractivity contribution in [2.24, 2.45) is 0 Å². The molecule has 2 atom stereocenters. The van der Waals surface area contributed by atoms with E-state index in [0.717, 1.165) is 27.5 Å². The molecule has 2 N–H and O–H groups in total. The van der Waals surface area contributed by atoms with Crippen molar-refractivity contribution in [1.29, 1.82) is 0 Å². The minimum Gasteiger partial charge on any atom is -0.497 e. The van der Waals surface area contributed by atoms with Gasteiger partial charge in [0.2, 0.25) is 0 Å². The van der Waals surface area contributed by atoms with Gasteiger partial charge >= 0.3 is 0 Å². The lowest BCUT2D eigenvalue weighted by atomic mass is 10.1. The Bertz CT molecular complexity index is 689. The van der Waals surface area contributed by atoms with Gasteiger partial charge in [-0.05, 0) is 24.6 Å². The first-order valence-electron chi connectivity index (χ1n) is 8.40. The number of benzene rings is 2. The van der Waals surface area contributed by atoms with Crippen molar-refractivity contribution in [2.45, 2.75) is 19.5 Å². The zero-order valence-corrected chi connectivity index (χ0v) is 15.3. The third-order valence-electron chi connectivity index (χ3n) is 4.13. The Kier molecular flexibility index (Phi) is 6.83. The van der Waals surface area contributed by atoms with Gasteiger partial charge in [0.25, 0.3) is 5.91 Å². The van der Waals surface area contributed by atoms with Crippen LogP contribution in [0.15, 0.2) is 48.5 Å². The summed E-state index contributed by atoms with van der Waals surface area (Å²) in [6.45, 7) is 3.09. The van der Waals surface area contributed by atoms with Gasteiger partial charge in [0, 0.05) is 11.6 Å². The summed E-state index contributed by atoms with van der Waals surface area (Å²) >= 11 is 0. The lowest BCUT2D eigenvalue weighted by Gasteiger charge is -2.18. The minimum atomic E-state index is -0.00276. The number of nitrogens with one attached hydrogen (secondary N) is 2. The molecule has 0 aliphatic heterocycles. The molecule has 5 nitrogen and oxygen atoms in total. The van der Waals surface area contributed by atoms with Gasteiger partial charge in [0.05, 0.1) is 27.3 Å². The molecule has 5 heteroatoms. The first-order valence-corrected chi connectivity index (χ1v) is 8.40. The maximum absolute atomic E-state index is 12.3. The summed E-state index contributed by atoms with van der Waals surface area (Å²) in [4.78, 5) is 13.4. The number of carbonyl (C=O) groups excluding carboxylic acids is 1. The van der Waals surface area contributed by atoms with Crippen LogP contribution in [0.25, 0.3) is 0 Å². The molecule has 0 heterocycles. The molecule has 25 heavy (non-hydrogen) atoms. The molecule has 0 aliphatic carbocycles. The minimum absolute atomic E-state index is 0.00276. The summed E-state index contributed by atoms with van der Waals surface area (Å²) in [6, 6.07) is 15.7. The molecular weight excluding hydrogens is 316 g/mol. The van der Waals surface area contributed by atoms with Crippen molar-refractivity contribution in [2.75, 3.05) is 27.8 Å². The Labute approximate surface area is 149 Å². The molecule has 2 rings (SSSR count). The van der Waals surface area contributed by atoms with E-state index in [1.54, 1.807) is 14.2 Å². The Hall–Kier alpha value is -2.53. The number of carbonyl (C=O) groups is 1. The number of rotatable bonds is 8. The second-order valence-electron chi connectivity index (χ2n) is 6.19. The van der Waals surface area contributed by atoms with E-state index in [-0.39, 0.29) is 11.9 Å². The van der Waals surface area contributed by atoms with Gasteiger partial charge in [-0.3, -0.25) is 4.79 Å². The predicted octanol–water partition coefficient (Wildman–Crippen LogP) is 1.60. The molecule has 0 saturated carbocycles. The van der Waals surface area contributed by atoms with Crippen LogP contribution in [0.1, 0.15) is 24.1 Å². The van der Waals surface area contributed by atoms with Gasteiger partial charge in [-0.15, -0.1) is 0 Å². The van der Waals surface area contributed by atoms with E-state index < -0.39 is 0 Å². The van der Waals surface area contributed by atoms with E-state index >= 15 is 0 Å². The second-order valence-corrected chi connectivity index (χ2v) is 6.19. The maximum Gasteiger partial charge on any atom is 0.275 e. The Morgan fingerprint density at radius 1 is 1.12 bits per heavy atom. The highest BCUT2D eigenvalue weighted by Crippen LogP contribution is 2.23. The molecule has 0 aromatic heterocycles. The average Bonchev–Trinajstić information content (AvgIpc) is 2.62. The van der Waals surface area contributed by atoms with Crippen molar-refractivity contribution < 1.29 is 19.2 Å². The van der Waals surface area contributed by atoms with Gasteiger partial charge < -0.3 is 19.7 Å². The second kappa shape index (κ2) is 9.08. The number of quaternary nitrogens is 1. The third-order valence-corrected chi connectivity index (χ3v) is 4.13. The molecule has 134 valence electrons. The number of hydrogen-bond donors (Lipinski definition) is 2. The number of amides is 1. The van der Waals surface area contributed by atoms with Gasteiger partial charge in [-0.2, -0.15) is 0 Å². The van der Waals surface area contributed by atoms with E-state index in [9.17, 15) is 4.79 Å². The van der Waals surface area contributed by atoms with E-state index in [0.29, 0.717) is 13.1 Å². The van der Waals surface area contributed by atoms with Crippen LogP contribution in [0, 0.1) is 0 Å². The zero-order chi connectivity index (χ0) is 18.2. The standard InChI is InChI=1S/C20H26N2O3/c1-15(16-8-6-5-7-9-16)21-20(23)14-22(2)13-17-10-11-18(24-3)12-19(17)25-4/h5-12,15H,13-14H2,1-4H3,(H,21,23)/p+1/t15-/m1/s1. The molecule has 0 fully saturated rings. The monoisotopic (exact) mass is 343 g/mol. The number of likely N-dealkylation sites (N-methyl/N-ethyl adjacent to an activating group) is 1. The van der Waals surface area contributed by atoms with E-state index in [4.69, 9.17) is 9.47 Å². The van der Waals surface area contributed by atoms with Crippen molar-refractivity contribution in [3.8, 4) is 11.5 Å². The van der Waals surface area contributed by atoms with E-state index in [1.807, 2.05) is 62.5 Å². The smallest absolute Gasteiger partial charge is 0.275 e. The molecular formula is C20H27N2O3+. The topological polar surface area (TPSA) is 52.0 Å². The van der Waals surface area contributed by atoms with Crippen LogP contribution in [0.4, 0.5) is 0 Å². The number of ether oxygens (including phenoxy) is 2. The molecule has 0 spiro atoms. The fourth-order valence-corrected chi connectivity index (χ4v) is 2.78. The third kappa shape index (κ3) is 5.50. The average molecular weight is 343 g/mol. The van der Waals surface area contributed by atoms with Crippen LogP contribution in [-0.2, 0) is 11.3 Å². The zero-order valence-electron chi connectivity index (χ0n) is 15.3. The SMILES string of the molecule is COc1ccc(C[NH+](C)CC(=O)N[C@H](C)c2ccccc2)c(OC)c1. The van der Waals surface area contributed by atoms with Crippen LogP contribution >= 0.6 is 0 Å². The molecule has 0 saturated heterocycles. The Morgan fingerprint density at radius 3 is 2.48 bits per heavy atom. The Balaban J connectivity index is 1.91. The van der Waals surface area contributed by atoms with Crippen LogP contribution in [-0.4, -0.2) is 33.7 Å². The summed E-state index contributed by atoms with van der Waals surface area (Å²) < 4.78 is 10.6. The summed E-state index contributed by atoms with van der Waals surface area (Å²) in [7, 11) is 5.27. The van der Waals surface area contributed by atoms with Gasteiger partial charge in [0.1, 0.15) is 18.0 Å². The van der Waals surface area contributed by atoms with Gasteiger partial charge in [0.15, 0.2) is 6.54 Å². The molecule has 1 unspecified atom stereocenters. The summed E-state index contributed by atoms with van der Waals surface area (Å²) in [5, 5.41) is 3.05. The highest BCUT2D eigenvalue weighted by atomic mass is 16.5. The maximum atomic E-state index is 12.3. The fraction of sp³-hybridized carbons (Fsp3) is 0.350. The molecule has 0 aliphatic rings. The first-order chi connectivity index (χ1) is 12.0. The van der Waals surface area contributed by atoms with Crippen LogP contribution in [0.5, 0.6) is 11.5 Å². The van der Waals surface area contributed by atoms with Crippen molar-refractivity contribution in [1.82, 2.24) is 5.32 Å². The molecule has 2 aromatic rings. The highest BCUT2D eigenvalue weighted by Gasteiger charge is 2.16. The lowest BCUT2D eigenvalue weighted by Crippen LogP contribution is -3.08. The lowest BCUT2D eigenvalue weighted by molar-refractivity contribution is -0.885. The summed E-state index contributed by atoms with van der Waals surface area (Å²) in [5.41, 5.74) is 2.15.